The number of aldehydes is 1. The average molecular weight is 348 g/mol. The SMILES string of the molecule is CC(C)(O)C=CC=C(C=O)C1CCC2(C)C(O)CCC23C(=O)OCC13. The average Bonchev–Trinajstić information content (AvgIpc) is 3.01. The topological polar surface area (TPSA) is 83.8 Å². The third-order valence-electron chi connectivity index (χ3n) is 6.78. The Balaban J connectivity index is 1.95. The molecule has 5 heteroatoms. The van der Waals surface area contributed by atoms with Crippen molar-refractivity contribution in [3.63, 3.8) is 0 Å². The minimum atomic E-state index is -0.946. The van der Waals surface area contributed by atoms with E-state index in [-0.39, 0.29) is 17.8 Å². The summed E-state index contributed by atoms with van der Waals surface area (Å²) in [5.41, 5.74) is -1.47. The van der Waals surface area contributed by atoms with Crippen molar-refractivity contribution in [2.75, 3.05) is 6.61 Å². The molecule has 5 unspecified atom stereocenters. The van der Waals surface area contributed by atoms with Crippen molar-refractivity contribution in [3.8, 4) is 0 Å². The van der Waals surface area contributed by atoms with E-state index < -0.39 is 22.5 Å². The molecule has 1 saturated heterocycles. The van der Waals surface area contributed by atoms with Gasteiger partial charge in [0.1, 0.15) is 6.29 Å². The van der Waals surface area contributed by atoms with E-state index in [4.69, 9.17) is 4.74 Å². The number of cyclic esters (lactones) is 1. The van der Waals surface area contributed by atoms with Crippen molar-refractivity contribution < 1.29 is 24.5 Å². The third-order valence-corrected chi connectivity index (χ3v) is 6.78. The van der Waals surface area contributed by atoms with Crippen LogP contribution in [0.15, 0.2) is 23.8 Å². The van der Waals surface area contributed by atoms with Gasteiger partial charge in [0.25, 0.3) is 0 Å². The molecule has 0 bridgehead atoms. The van der Waals surface area contributed by atoms with Gasteiger partial charge in [0.2, 0.25) is 0 Å². The number of hydrogen-bond acceptors (Lipinski definition) is 5. The molecule has 1 aliphatic heterocycles. The molecule has 1 heterocycles. The Morgan fingerprint density at radius 2 is 2.04 bits per heavy atom. The Morgan fingerprint density at radius 1 is 1.32 bits per heavy atom. The lowest BCUT2D eigenvalue weighted by Crippen LogP contribution is -2.53. The van der Waals surface area contributed by atoms with Crippen LogP contribution in [0.1, 0.15) is 46.5 Å². The van der Waals surface area contributed by atoms with Crippen LogP contribution in [-0.2, 0) is 14.3 Å². The summed E-state index contributed by atoms with van der Waals surface area (Å²) < 4.78 is 5.45. The summed E-state index contributed by atoms with van der Waals surface area (Å²) in [6.45, 7) is 5.65. The molecule has 2 N–H and O–H groups in total. The van der Waals surface area contributed by atoms with E-state index in [2.05, 4.69) is 0 Å². The number of aliphatic hydroxyl groups excluding tert-OH is 1. The molecule has 0 amide bonds. The van der Waals surface area contributed by atoms with Crippen LogP contribution in [0.2, 0.25) is 0 Å². The van der Waals surface area contributed by atoms with Crippen molar-refractivity contribution in [1.29, 1.82) is 0 Å². The van der Waals surface area contributed by atoms with Crippen LogP contribution in [0.25, 0.3) is 0 Å². The minimum Gasteiger partial charge on any atom is -0.465 e. The molecule has 5 atom stereocenters. The number of rotatable bonds is 4. The molecule has 3 fully saturated rings. The molecule has 0 aromatic rings. The highest BCUT2D eigenvalue weighted by molar-refractivity contribution is 5.83. The highest BCUT2D eigenvalue weighted by Gasteiger charge is 2.71. The molecular weight excluding hydrogens is 320 g/mol. The van der Waals surface area contributed by atoms with Crippen LogP contribution in [0.4, 0.5) is 0 Å². The summed E-state index contributed by atoms with van der Waals surface area (Å²) in [6, 6.07) is 0. The smallest absolute Gasteiger partial charge is 0.313 e. The normalized spacial score (nSPS) is 41.6. The maximum Gasteiger partial charge on any atom is 0.313 e. The maximum atomic E-state index is 12.7. The number of esters is 1. The molecule has 0 radical (unpaired) electrons. The Bertz CT molecular complexity index is 628. The maximum absolute atomic E-state index is 12.7. The van der Waals surface area contributed by atoms with Gasteiger partial charge in [-0.3, -0.25) is 9.59 Å². The lowest BCUT2D eigenvalue weighted by molar-refractivity contribution is -0.159. The van der Waals surface area contributed by atoms with Gasteiger partial charge in [-0.05, 0) is 51.0 Å². The second kappa shape index (κ2) is 6.06. The first-order valence-corrected chi connectivity index (χ1v) is 9.08. The van der Waals surface area contributed by atoms with Gasteiger partial charge in [0.05, 0.1) is 23.7 Å². The van der Waals surface area contributed by atoms with Crippen LogP contribution in [0.3, 0.4) is 0 Å². The highest BCUT2D eigenvalue weighted by atomic mass is 16.5. The second-order valence-electron chi connectivity index (χ2n) is 8.59. The first kappa shape index (κ1) is 18.3. The summed E-state index contributed by atoms with van der Waals surface area (Å²) in [5.74, 6) is -0.352. The Hall–Kier alpha value is -1.46. The van der Waals surface area contributed by atoms with Gasteiger partial charge in [-0.1, -0.05) is 25.2 Å². The standard InChI is InChI=1S/C20H28O5/c1-18(2,24)8-4-5-13(11-21)14-6-9-19(3)16(22)7-10-20(19)15(14)12-25-17(20)23/h4-5,8,11,14-16,22,24H,6-7,9-10,12H2,1-3H3. The van der Waals surface area contributed by atoms with E-state index in [0.29, 0.717) is 31.4 Å². The largest absolute Gasteiger partial charge is 0.465 e. The molecule has 138 valence electrons. The molecule has 0 aromatic carbocycles. The molecule has 25 heavy (non-hydrogen) atoms. The zero-order valence-electron chi connectivity index (χ0n) is 15.2. The molecule has 2 aliphatic carbocycles. The minimum absolute atomic E-state index is 0.0613. The highest BCUT2D eigenvalue weighted by Crippen LogP contribution is 2.67. The van der Waals surface area contributed by atoms with Crippen LogP contribution < -0.4 is 0 Å². The van der Waals surface area contributed by atoms with Crippen molar-refractivity contribution >= 4 is 12.3 Å². The van der Waals surface area contributed by atoms with Crippen molar-refractivity contribution in [2.24, 2.45) is 22.7 Å². The summed E-state index contributed by atoms with van der Waals surface area (Å²) in [4.78, 5) is 24.4. The van der Waals surface area contributed by atoms with Crippen LogP contribution >= 0.6 is 0 Å². The van der Waals surface area contributed by atoms with Gasteiger partial charge in [0, 0.05) is 11.3 Å². The quantitative estimate of drug-likeness (QED) is 0.352. The van der Waals surface area contributed by atoms with E-state index >= 15 is 0 Å². The number of hydrogen-bond donors (Lipinski definition) is 2. The Morgan fingerprint density at radius 3 is 2.68 bits per heavy atom. The number of aliphatic hydroxyl groups is 2. The monoisotopic (exact) mass is 348 g/mol. The van der Waals surface area contributed by atoms with Crippen LogP contribution in [0, 0.1) is 22.7 Å². The first-order valence-electron chi connectivity index (χ1n) is 9.08. The lowest BCUT2D eigenvalue weighted by Gasteiger charge is -2.50. The number of carbonyl (C=O) groups excluding carboxylic acids is 2. The predicted molar refractivity (Wildman–Crippen MR) is 92.5 cm³/mol. The zero-order valence-corrected chi connectivity index (χ0v) is 15.2. The Labute approximate surface area is 148 Å². The van der Waals surface area contributed by atoms with E-state index in [9.17, 15) is 19.8 Å². The number of allylic oxidation sites excluding steroid dienone is 3. The van der Waals surface area contributed by atoms with Gasteiger partial charge >= 0.3 is 5.97 Å². The zero-order chi connectivity index (χ0) is 18.5. The molecule has 2 saturated carbocycles. The lowest BCUT2D eigenvalue weighted by atomic mass is 9.50. The summed E-state index contributed by atoms with van der Waals surface area (Å²) in [6.07, 6.45) is 8.09. The van der Waals surface area contributed by atoms with E-state index in [1.807, 2.05) is 6.92 Å². The summed E-state index contributed by atoms with van der Waals surface area (Å²) in [7, 11) is 0. The van der Waals surface area contributed by atoms with Gasteiger partial charge in [-0.15, -0.1) is 0 Å². The first-order chi connectivity index (χ1) is 11.7. The van der Waals surface area contributed by atoms with Crippen molar-refractivity contribution in [1.82, 2.24) is 0 Å². The van der Waals surface area contributed by atoms with Gasteiger partial charge in [-0.25, -0.2) is 0 Å². The summed E-state index contributed by atoms with van der Waals surface area (Å²) in [5, 5.41) is 20.3. The molecule has 5 nitrogen and oxygen atoms in total. The fraction of sp³-hybridized carbons (Fsp3) is 0.700. The van der Waals surface area contributed by atoms with Crippen LogP contribution in [0.5, 0.6) is 0 Å². The predicted octanol–water partition coefficient (Wildman–Crippen LogP) is 2.17. The van der Waals surface area contributed by atoms with Crippen LogP contribution in [-0.4, -0.2) is 40.8 Å². The molecular formula is C20H28O5. The Kier molecular flexibility index (Phi) is 4.44. The van der Waals surface area contributed by atoms with Crippen molar-refractivity contribution in [2.45, 2.75) is 58.2 Å². The summed E-state index contributed by atoms with van der Waals surface area (Å²) >= 11 is 0. The molecule has 0 aromatic heterocycles. The van der Waals surface area contributed by atoms with Gasteiger partial charge in [0.15, 0.2) is 0 Å². The van der Waals surface area contributed by atoms with Gasteiger partial charge in [-0.2, -0.15) is 0 Å². The molecule has 3 aliphatic rings. The number of carbonyl (C=O) groups is 2. The third kappa shape index (κ3) is 2.68. The fourth-order valence-electron chi connectivity index (χ4n) is 5.35. The van der Waals surface area contributed by atoms with E-state index in [1.165, 1.54) is 0 Å². The number of ether oxygens (including phenoxy) is 1. The molecule has 3 rings (SSSR count). The van der Waals surface area contributed by atoms with Gasteiger partial charge < -0.3 is 14.9 Å². The van der Waals surface area contributed by atoms with E-state index in [1.54, 1.807) is 32.1 Å². The van der Waals surface area contributed by atoms with Crippen molar-refractivity contribution in [3.05, 3.63) is 23.8 Å². The second-order valence-corrected chi connectivity index (χ2v) is 8.59. The fourth-order valence-corrected chi connectivity index (χ4v) is 5.35. The van der Waals surface area contributed by atoms with E-state index in [0.717, 1.165) is 12.7 Å². The molecule has 1 spiro atoms.